The predicted octanol–water partition coefficient (Wildman–Crippen LogP) is 3.85. The SMILES string of the molecule is CCC1(c2ccccc2)C(=O)N([Si](c2ccccc2)(c2ccccc2)c2ccccc2)C(=O)N1C. The van der Waals surface area contributed by atoms with Gasteiger partial charge in [0, 0.05) is 7.05 Å². The molecule has 0 aromatic heterocycles. The molecule has 1 heterocycles. The molecule has 1 aliphatic heterocycles. The summed E-state index contributed by atoms with van der Waals surface area (Å²) in [5, 5.41) is 2.98. The first-order valence-corrected chi connectivity index (χ1v) is 13.9. The third-order valence-corrected chi connectivity index (χ3v) is 11.9. The van der Waals surface area contributed by atoms with Gasteiger partial charge in [-0.2, -0.15) is 0 Å². The van der Waals surface area contributed by atoms with Crippen molar-refractivity contribution in [3.05, 3.63) is 127 Å². The fraction of sp³-hybridized carbons (Fsp3) is 0.133. The van der Waals surface area contributed by atoms with Crippen LogP contribution in [-0.2, 0) is 10.3 Å². The lowest BCUT2D eigenvalue weighted by molar-refractivity contribution is -0.131. The molecule has 4 aromatic rings. The summed E-state index contributed by atoms with van der Waals surface area (Å²) in [6, 6.07) is 39.6. The molecule has 1 unspecified atom stereocenters. The van der Waals surface area contributed by atoms with E-state index in [0.29, 0.717) is 6.42 Å². The third-order valence-electron chi connectivity index (χ3n) is 7.28. The Hall–Kier alpha value is -3.96. The summed E-state index contributed by atoms with van der Waals surface area (Å²) in [6.45, 7) is 1.98. The van der Waals surface area contributed by atoms with E-state index in [9.17, 15) is 9.59 Å². The Balaban J connectivity index is 1.87. The zero-order chi connectivity index (χ0) is 24.5. The molecule has 3 amide bonds. The van der Waals surface area contributed by atoms with Crippen LogP contribution in [0.15, 0.2) is 121 Å². The summed E-state index contributed by atoms with van der Waals surface area (Å²) in [5.41, 5.74) is -0.225. The lowest BCUT2D eigenvalue weighted by Crippen LogP contribution is -2.78. The molecule has 5 rings (SSSR count). The van der Waals surface area contributed by atoms with Crippen molar-refractivity contribution in [2.45, 2.75) is 18.9 Å². The van der Waals surface area contributed by atoms with Crippen LogP contribution in [0.5, 0.6) is 0 Å². The van der Waals surface area contributed by atoms with Crippen molar-refractivity contribution in [2.75, 3.05) is 7.05 Å². The van der Waals surface area contributed by atoms with E-state index in [2.05, 4.69) is 36.4 Å². The van der Waals surface area contributed by atoms with Gasteiger partial charge in [0.1, 0.15) is 5.54 Å². The van der Waals surface area contributed by atoms with Gasteiger partial charge in [0.2, 0.25) is 0 Å². The van der Waals surface area contributed by atoms with E-state index in [1.165, 1.54) is 0 Å². The maximum atomic E-state index is 14.7. The van der Waals surface area contributed by atoms with Crippen LogP contribution >= 0.6 is 0 Å². The Kier molecular flexibility index (Phi) is 5.87. The van der Waals surface area contributed by atoms with Gasteiger partial charge in [-0.05, 0) is 27.5 Å². The van der Waals surface area contributed by atoms with E-state index in [-0.39, 0.29) is 11.9 Å². The van der Waals surface area contributed by atoms with Crippen molar-refractivity contribution in [1.82, 2.24) is 9.47 Å². The predicted molar refractivity (Wildman–Crippen MR) is 142 cm³/mol. The maximum absolute atomic E-state index is 14.7. The van der Waals surface area contributed by atoms with Crippen molar-refractivity contribution in [3.8, 4) is 0 Å². The zero-order valence-corrected chi connectivity index (χ0v) is 21.0. The molecule has 1 atom stereocenters. The molecule has 0 saturated carbocycles. The first-order chi connectivity index (χ1) is 17.1. The molecule has 0 radical (unpaired) electrons. The molecular formula is C30H28N2O2Si. The number of nitrogens with zero attached hydrogens (tertiary/aromatic N) is 2. The first-order valence-electron chi connectivity index (χ1n) is 11.9. The van der Waals surface area contributed by atoms with Gasteiger partial charge in [0.15, 0.2) is 0 Å². The number of amides is 3. The number of benzene rings is 4. The third kappa shape index (κ3) is 3.27. The minimum Gasteiger partial charge on any atom is -0.309 e. The molecule has 35 heavy (non-hydrogen) atoms. The first kappa shape index (κ1) is 22.8. The topological polar surface area (TPSA) is 40.6 Å². The number of carbonyl (C=O) groups is 2. The van der Waals surface area contributed by atoms with Crippen molar-refractivity contribution in [2.24, 2.45) is 0 Å². The minimum atomic E-state index is -3.30. The van der Waals surface area contributed by atoms with Crippen LogP contribution in [0.1, 0.15) is 18.9 Å². The normalized spacial score (nSPS) is 18.2. The number of likely N-dealkylation sites (N-methyl/N-ethyl adjacent to an activating group) is 1. The number of urea groups is 1. The van der Waals surface area contributed by atoms with Gasteiger partial charge in [-0.1, -0.05) is 128 Å². The largest absolute Gasteiger partial charge is 0.320 e. The van der Waals surface area contributed by atoms with Crippen molar-refractivity contribution < 1.29 is 9.59 Å². The standard InChI is InChI=1S/C30H28N2O2Si/c1-3-30(24-16-8-4-9-17-24)28(33)32(29(34)31(30)2)35(25-18-10-5-11-19-25,26-20-12-6-13-21-26)27-22-14-7-15-23-27/h4-23H,3H2,1-2H3. The molecule has 1 saturated heterocycles. The van der Waals surface area contributed by atoms with Gasteiger partial charge in [0.05, 0.1) is 0 Å². The monoisotopic (exact) mass is 476 g/mol. The lowest BCUT2D eigenvalue weighted by Gasteiger charge is -2.39. The van der Waals surface area contributed by atoms with Gasteiger partial charge in [-0.25, -0.2) is 4.79 Å². The second kappa shape index (κ2) is 9.00. The molecule has 4 aromatic carbocycles. The van der Waals surface area contributed by atoms with Crippen LogP contribution in [0.4, 0.5) is 4.79 Å². The summed E-state index contributed by atoms with van der Waals surface area (Å²) < 4.78 is 1.63. The van der Waals surface area contributed by atoms with Crippen LogP contribution < -0.4 is 15.6 Å². The molecule has 0 spiro atoms. The summed E-state index contributed by atoms with van der Waals surface area (Å²) in [5.74, 6) is -0.165. The van der Waals surface area contributed by atoms with Gasteiger partial charge in [0.25, 0.3) is 14.1 Å². The molecule has 0 aliphatic carbocycles. The van der Waals surface area contributed by atoms with Gasteiger partial charge >= 0.3 is 6.03 Å². The van der Waals surface area contributed by atoms with E-state index in [1.807, 2.05) is 91.9 Å². The fourth-order valence-corrected chi connectivity index (χ4v) is 10.3. The number of hydrogen-bond donors (Lipinski definition) is 0. The van der Waals surface area contributed by atoms with Crippen LogP contribution in [0.25, 0.3) is 0 Å². The highest BCUT2D eigenvalue weighted by Crippen LogP contribution is 2.41. The molecule has 1 aliphatic rings. The van der Waals surface area contributed by atoms with E-state index in [4.69, 9.17) is 0 Å². The van der Waals surface area contributed by atoms with Crippen LogP contribution in [0.2, 0.25) is 0 Å². The average Bonchev–Trinajstić information content (AvgIpc) is 3.12. The van der Waals surface area contributed by atoms with E-state index < -0.39 is 13.8 Å². The molecule has 4 nitrogen and oxygen atoms in total. The highest BCUT2D eigenvalue weighted by atomic mass is 28.3. The highest BCUT2D eigenvalue weighted by Gasteiger charge is 2.63. The Labute approximate surface area is 207 Å². The quantitative estimate of drug-likeness (QED) is 0.241. The zero-order valence-electron chi connectivity index (χ0n) is 20.0. The fourth-order valence-electron chi connectivity index (χ4n) is 5.57. The molecular weight excluding hydrogens is 448 g/mol. The van der Waals surface area contributed by atoms with E-state index in [0.717, 1.165) is 21.1 Å². The molecule has 0 N–H and O–H groups in total. The Bertz CT molecular complexity index is 1230. The molecule has 1 fully saturated rings. The molecule has 5 heteroatoms. The van der Waals surface area contributed by atoms with Crippen LogP contribution in [-0.4, -0.2) is 36.7 Å². The average molecular weight is 477 g/mol. The van der Waals surface area contributed by atoms with Gasteiger partial charge < -0.3 is 4.90 Å². The van der Waals surface area contributed by atoms with Crippen molar-refractivity contribution in [3.63, 3.8) is 0 Å². The Morgan fingerprint density at radius 1 is 0.629 bits per heavy atom. The molecule has 174 valence electrons. The lowest BCUT2D eigenvalue weighted by atomic mass is 9.86. The number of imide groups is 1. The van der Waals surface area contributed by atoms with Gasteiger partial charge in [-0.3, -0.25) is 9.36 Å². The Morgan fingerprint density at radius 3 is 1.37 bits per heavy atom. The number of hydrogen-bond acceptors (Lipinski definition) is 2. The van der Waals surface area contributed by atoms with Crippen molar-refractivity contribution >= 4 is 35.7 Å². The van der Waals surface area contributed by atoms with Crippen molar-refractivity contribution in [1.29, 1.82) is 0 Å². The molecule has 0 bridgehead atoms. The smallest absolute Gasteiger partial charge is 0.309 e. The van der Waals surface area contributed by atoms with E-state index in [1.54, 1.807) is 16.5 Å². The highest BCUT2D eigenvalue weighted by molar-refractivity contribution is 7.11. The van der Waals surface area contributed by atoms with Crippen LogP contribution in [0, 0.1) is 0 Å². The number of carbonyl (C=O) groups excluding carboxylic acids is 2. The number of rotatable bonds is 6. The summed E-state index contributed by atoms with van der Waals surface area (Å²) >= 11 is 0. The summed E-state index contributed by atoms with van der Waals surface area (Å²) in [4.78, 5) is 30.7. The summed E-state index contributed by atoms with van der Waals surface area (Å²) in [7, 11) is -1.54. The van der Waals surface area contributed by atoms with Gasteiger partial charge in [-0.15, -0.1) is 0 Å². The van der Waals surface area contributed by atoms with E-state index >= 15 is 0 Å². The minimum absolute atomic E-state index is 0.165. The Morgan fingerprint density at radius 2 is 1.00 bits per heavy atom. The maximum Gasteiger partial charge on any atom is 0.320 e. The second-order valence-electron chi connectivity index (χ2n) is 8.87. The van der Waals surface area contributed by atoms with Crippen LogP contribution in [0.3, 0.4) is 0 Å². The summed E-state index contributed by atoms with van der Waals surface area (Å²) in [6.07, 6.45) is 0.484. The second-order valence-corrected chi connectivity index (χ2v) is 12.5.